The fourth-order valence-electron chi connectivity index (χ4n) is 4.27. The number of ether oxygens (including phenoxy) is 2. The summed E-state index contributed by atoms with van der Waals surface area (Å²) in [7, 11) is 0. The Morgan fingerprint density at radius 3 is 2.45 bits per heavy atom. The molecule has 0 N–H and O–H groups in total. The number of thioether (sulfide) groups is 1. The molecule has 0 unspecified atom stereocenters. The number of esters is 1. The fraction of sp³-hybridized carbons (Fsp3) is 0.250. The summed E-state index contributed by atoms with van der Waals surface area (Å²) in [5.41, 5.74) is 5.68. The normalized spacial score (nSPS) is 10.8. The summed E-state index contributed by atoms with van der Waals surface area (Å²) in [6, 6.07) is 28.2. The SMILES string of the molecule is CCOC(=O)CCCOc1cccc(SCCn2cc(-c3ccccc3-c3ccccc3C)ccc2=O)c1. The Kier molecular flexibility index (Phi) is 9.82. The highest BCUT2D eigenvalue weighted by molar-refractivity contribution is 7.99. The average Bonchev–Trinajstić information content (AvgIpc) is 2.93. The predicted molar refractivity (Wildman–Crippen MR) is 155 cm³/mol. The number of hydrogen-bond acceptors (Lipinski definition) is 5. The molecule has 0 atom stereocenters. The Morgan fingerprint density at radius 2 is 1.66 bits per heavy atom. The highest BCUT2D eigenvalue weighted by Gasteiger charge is 2.10. The van der Waals surface area contributed by atoms with Crippen molar-refractivity contribution in [1.82, 2.24) is 4.57 Å². The van der Waals surface area contributed by atoms with Crippen molar-refractivity contribution in [3.8, 4) is 28.0 Å². The molecule has 0 amide bonds. The minimum absolute atomic E-state index is 0.0126. The Morgan fingerprint density at radius 1 is 0.895 bits per heavy atom. The Balaban J connectivity index is 1.39. The van der Waals surface area contributed by atoms with Gasteiger partial charge in [0.1, 0.15) is 5.75 Å². The molecule has 0 radical (unpaired) electrons. The van der Waals surface area contributed by atoms with Crippen molar-refractivity contribution in [3.05, 3.63) is 107 Å². The van der Waals surface area contributed by atoms with Crippen LogP contribution in [0.15, 0.2) is 101 Å². The maximum Gasteiger partial charge on any atom is 0.305 e. The van der Waals surface area contributed by atoms with Gasteiger partial charge in [0.05, 0.1) is 13.2 Å². The van der Waals surface area contributed by atoms with E-state index in [-0.39, 0.29) is 11.5 Å². The lowest BCUT2D eigenvalue weighted by molar-refractivity contribution is -0.143. The van der Waals surface area contributed by atoms with Crippen LogP contribution in [0.4, 0.5) is 0 Å². The second-order valence-corrected chi connectivity index (χ2v) is 10.1. The molecule has 6 heteroatoms. The molecule has 196 valence electrons. The summed E-state index contributed by atoms with van der Waals surface area (Å²) in [5, 5.41) is 0. The topological polar surface area (TPSA) is 57.5 Å². The van der Waals surface area contributed by atoms with Gasteiger partial charge in [0.25, 0.3) is 5.56 Å². The van der Waals surface area contributed by atoms with Gasteiger partial charge in [0, 0.05) is 35.9 Å². The highest BCUT2D eigenvalue weighted by atomic mass is 32.2. The molecule has 5 nitrogen and oxygen atoms in total. The van der Waals surface area contributed by atoms with Crippen LogP contribution in [0.1, 0.15) is 25.3 Å². The van der Waals surface area contributed by atoms with Gasteiger partial charge in [0.2, 0.25) is 0 Å². The highest BCUT2D eigenvalue weighted by Crippen LogP contribution is 2.33. The number of rotatable bonds is 12. The monoisotopic (exact) mass is 527 g/mol. The third-order valence-corrected chi connectivity index (χ3v) is 7.14. The van der Waals surface area contributed by atoms with Gasteiger partial charge >= 0.3 is 5.97 Å². The van der Waals surface area contributed by atoms with E-state index < -0.39 is 0 Å². The molecule has 0 aliphatic rings. The first-order valence-electron chi connectivity index (χ1n) is 12.9. The van der Waals surface area contributed by atoms with E-state index in [0.29, 0.717) is 32.6 Å². The molecule has 0 saturated carbocycles. The number of aryl methyl sites for hydroxylation is 2. The number of aromatic nitrogens is 1. The number of benzene rings is 3. The van der Waals surface area contributed by atoms with Crippen LogP contribution in [-0.4, -0.2) is 29.5 Å². The zero-order valence-corrected chi connectivity index (χ0v) is 22.7. The standard InChI is InChI=1S/C32H33NO4S/c1-3-36-32(35)16-9-20-37-26-11-8-12-27(22-26)38-21-19-33-23-25(17-18-31(33)34)29-14-6-7-15-30(29)28-13-5-4-10-24(28)2/h4-8,10-15,17-18,22-23H,3,9,16,19-21H2,1-2H3. The van der Waals surface area contributed by atoms with E-state index in [0.717, 1.165) is 33.1 Å². The fourth-order valence-corrected chi connectivity index (χ4v) is 5.16. The van der Waals surface area contributed by atoms with E-state index >= 15 is 0 Å². The largest absolute Gasteiger partial charge is 0.494 e. The van der Waals surface area contributed by atoms with Crippen LogP contribution >= 0.6 is 11.8 Å². The molecule has 4 aromatic rings. The second kappa shape index (κ2) is 13.7. The molecule has 0 saturated heterocycles. The van der Waals surface area contributed by atoms with E-state index in [1.54, 1.807) is 29.3 Å². The molecule has 0 fully saturated rings. The maximum atomic E-state index is 12.6. The summed E-state index contributed by atoms with van der Waals surface area (Å²) >= 11 is 1.68. The van der Waals surface area contributed by atoms with E-state index in [4.69, 9.17) is 9.47 Å². The Bertz CT molecular complexity index is 1430. The molecular formula is C32H33NO4S. The van der Waals surface area contributed by atoms with Gasteiger partial charge in [0.15, 0.2) is 0 Å². The molecular weight excluding hydrogens is 494 g/mol. The zero-order chi connectivity index (χ0) is 26.7. The zero-order valence-electron chi connectivity index (χ0n) is 21.9. The van der Waals surface area contributed by atoms with E-state index in [1.165, 1.54) is 11.1 Å². The number of pyridine rings is 1. The minimum atomic E-state index is -0.196. The lowest BCUT2D eigenvalue weighted by atomic mass is 9.93. The number of hydrogen-bond donors (Lipinski definition) is 0. The smallest absolute Gasteiger partial charge is 0.305 e. The number of nitrogens with zero attached hydrogens (tertiary/aromatic N) is 1. The first-order valence-corrected chi connectivity index (χ1v) is 13.9. The number of carbonyl (C=O) groups is 1. The molecule has 3 aromatic carbocycles. The van der Waals surface area contributed by atoms with Crippen molar-refractivity contribution in [2.24, 2.45) is 0 Å². The summed E-state index contributed by atoms with van der Waals surface area (Å²) in [6.07, 6.45) is 2.93. The van der Waals surface area contributed by atoms with Crippen LogP contribution in [0.2, 0.25) is 0 Å². The van der Waals surface area contributed by atoms with Crippen molar-refractivity contribution in [2.75, 3.05) is 19.0 Å². The molecule has 38 heavy (non-hydrogen) atoms. The Labute approximate surface area is 228 Å². The summed E-state index contributed by atoms with van der Waals surface area (Å²) in [4.78, 5) is 25.2. The van der Waals surface area contributed by atoms with Gasteiger partial charge in [-0.25, -0.2) is 0 Å². The van der Waals surface area contributed by atoms with E-state index in [1.807, 2.05) is 48.7 Å². The van der Waals surface area contributed by atoms with Crippen LogP contribution in [0.5, 0.6) is 5.75 Å². The Hall–Kier alpha value is -3.77. The average molecular weight is 528 g/mol. The lowest BCUT2D eigenvalue weighted by Crippen LogP contribution is -2.19. The summed E-state index contributed by atoms with van der Waals surface area (Å²) in [6.45, 7) is 5.37. The van der Waals surface area contributed by atoms with Crippen LogP contribution < -0.4 is 10.3 Å². The van der Waals surface area contributed by atoms with Crippen molar-refractivity contribution >= 4 is 17.7 Å². The van der Waals surface area contributed by atoms with Gasteiger partial charge in [-0.1, -0.05) is 54.6 Å². The van der Waals surface area contributed by atoms with E-state index in [9.17, 15) is 9.59 Å². The van der Waals surface area contributed by atoms with Crippen molar-refractivity contribution in [3.63, 3.8) is 0 Å². The molecule has 4 rings (SSSR count). The van der Waals surface area contributed by atoms with Crippen molar-refractivity contribution in [2.45, 2.75) is 38.1 Å². The van der Waals surface area contributed by atoms with Crippen molar-refractivity contribution in [1.29, 1.82) is 0 Å². The van der Waals surface area contributed by atoms with Gasteiger partial charge in [-0.2, -0.15) is 0 Å². The molecule has 0 spiro atoms. The molecule has 0 bridgehead atoms. The van der Waals surface area contributed by atoms with Crippen molar-refractivity contribution < 1.29 is 14.3 Å². The lowest BCUT2D eigenvalue weighted by Gasteiger charge is -2.14. The van der Waals surface area contributed by atoms with E-state index in [2.05, 4.69) is 43.3 Å². The molecule has 1 aromatic heterocycles. The minimum Gasteiger partial charge on any atom is -0.494 e. The summed E-state index contributed by atoms with van der Waals surface area (Å²) < 4.78 is 12.5. The first kappa shape index (κ1) is 27.3. The second-order valence-electron chi connectivity index (χ2n) is 8.89. The molecule has 0 aliphatic carbocycles. The first-order chi connectivity index (χ1) is 18.5. The van der Waals surface area contributed by atoms with Gasteiger partial charge in [-0.3, -0.25) is 9.59 Å². The third-order valence-electron chi connectivity index (χ3n) is 6.16. The van der Waals surface area contributed by atoms with Crippen LogP contribution in [0.25, 0.3) is 22.3 Å². The van der Waals surface area contributed by atoms with Gasteiger partial charge in [-0.05, 0) is 72.4 Å². The summed E-state index contributed by atoms with van der Waals surface area (Å²) in [5.74, 6) is 1.32. The quantitative estimate of drug-likeness (QED) is 0.113. The van der Waals surface area contributed by atoms with Crippen LogP contribution in [-0.2, 0) is 16.1 Å². The number of carbonyl (C=O) groups excluding carboxylic acids is 1. The van der Waals surface area contributed by atoms with Crippen LogP contribution in [0.3, 0.4) is 0 Å². The predicted octanol–water partition coefficient (Wildman–Crippen LogP) is 7.01. The van der Waals surface area contributed by atoms with Gasteiger partial charge < -0.3 is 14.0 Å². The van der Waals surface area contributed by atoms with Gasteiger partial charge in [-0.15, -0.1) is 11.8 Å². The molecule has 1 heterocycles. The molecule has 0 aliphatic heterocycles. The third kappa shape index (κ3) is 7.39. The maximum absolute atomic E-state index is 12.6. The van der Waals surface area contributed by atoms with Crippen LogP contribution in [0, 0.1) is 6.92 Å².